The quantitative estimate of drug-likeness (QED) is 0.599. The minimum atomic E-state index is -0.955. The number of amides is 2. The molecule has 0 aliphatic carbocycles. The molecule has 6 heteroatoms. The molecule has 27 heavy (non-hydrogen) atoms. The van der Waals surface area contributed by atoms with E-state index in [1.807, 2.05) is 49.4 Å². The molecule has 0 saturated heterocycles. The number of carbonyl (C=O) groups is 3. The van der Waals surface area contributed by atoms with Crippen molar-refractivity contribution < 1.29 is 19.5 Å². The van der Waals surface area contributed by atoms with Crippen LogP contribution in [0, 0.1) is 5.92 Å². The topological polar surface area (TPSA) is 95.5 Å². The number of carboxylic acids is 1. The third-order valence-electron chi connectivity index (χ3n) is 4.39. The van der Waals surface area contributed by atoms with Crippen molar-refractivity contribution in [2.45, 2.75) is 32.6 Å². The van der Waals surface area contributed by atoms with Gasteiger partial charge < -0.3 is 15.7 Å². The molecule has 1 atom stereocenters. The van der Waals surface area contributed by atoms with Gasteiger partial charge in [-0.05, 0) is 29.2 Å². The molecule has 0 aromatic heterocycles. The first-order valence-electron chi connectivity index (χ1n) is 9.24. The molecule has 2 rings (SSSR count). The van der Waals surface area contributed by atoms with E-state index in [1.165, 1.54) is 0 Å². The predicted octanol–water partition coefficient (Wildman–Crippen LogP) is 2.51. The second kappa shape index (κ2) is 10.3. The Bertz CT molecular complexity index is 798. The van der Waals surface area contributed by atoms with Crippen molar-refractivity contribution in [1.82, 2.24) is 10.6 Å². The van der Waals surface area contributed by atoms with E-state index in [9.17, 15) is 19.5 Å². The molecule has 6 nitrogen and oxygen atoms in total. The lowest BCUT2D eigenvalue weighted by Gasteiger charge is -2.15. The average Bonchev–Trinajstić information content (AvgIpc) is 2.67. The highest BCUT2D eigenvalue weighted by Gasteiger charge is 2.20. The average molecular weight is 370 g/mol. The van der Waals surface area contributed by atoms with Gasteiger partial charge in [0.15, 0.2) is 0 Å². The predicted molar refractivity (Wildman–Crippen MR) is 104 cm³/mol. The highest BCUT2D eigenvalue weighted by Crippen LogP contribution is 2.21. The first-order chi connectivity index (χ1) is 13.0. The summed E-state index contributed by atoms with van der Waals surface area (Å²) in [6, 6.07) is 13.6. The van der Waals surface area contributed by atoms with Crippen molar-refractivity contribution in [3.05, 3.63) is 48.0 Å². The normalized spacial score (nSPS) is 11.7. The summed E-state index contributed by atoms with van der Waals surface area (Å²) in [6.45, 7) is 2.58. The summed E-state index contributed by atoms with van der Waals surface area (Å²) >= 11 is 0. The van der Waals surface area contributed by atoms with Gasteiger partial charge in [-0.3, -0.25) is 14.4 Å². The summed E-state index contributed by atoms with van der Waals surface area (Å²) in [5.74, 6) is -2.17. The summed E-state index contributed by atoms with van der Waals surface area (Å²) < 4.78 is 0. The summed E-state index contributed by atoms with van der Waals surface area (Å²) in [5, 5.41) is 16.9. The Morgan fingerprint density at radius 2 is 1.63 bits per heavy atom. The van der Waals surface area contributed by atoms with Gasteiger partial charge in [-0.1, -0.05) is 49.4 Å². The van der Waals surface area contributed by atoms with Gasteiger partial charge in [0.2, 0.25) is 11.8 Å². The van der Waals surface area contributed by atoms with E-state index in [1.54, 1.807) is 0 Å². The molecule has 2 aromatic carbocycles. The van der Waals surface area contributed by atoms with Crippen molar-refractivity contribution >= 4 is 28.6 Å². The molecule has 2 aromatic rings. The number of benzene rings is 2. The van der Waals surface area contributed by atoms with E-state index in [2.05, 4.69) is 10.6 Å². The van der Waals surface area contributed by atoms with Crippen LogP contribution in [0.25, 0.3) is 10.8 Å². The fourth-order valence-electron chi connectivity index (χ4n) is 2.89. The fraction of sp³-hybridized carbons (Fsp3) is 0.381. The van der Waals surface area contributed by atoms with Crippen LogP contribution in [0.3, 0.4) is 0 Å². The van der Waals surface area contributed by atoms with E-state index in [4.69, 9.17) is 0 Å². The van der Waals surface area contributed by atoms with Gasteiger partial charge in [0.05, 0.1) is 5.92 Å². The minimum absolute atomic E-state index is 0.0357. The molecule has 1 unspecified atom stereocenters. The largest absolute Gasteiger partial charge is 0.481 e. The van der Waals surface area contributed by atoms with E-state index < -0.39 is 11.9 Å². The molecule has 0 aliphatic heterocycles. The van der Waals surface area contributed by atoms with Crippen molar-refractivity contribution in [3.8, 4) is 0 Å². The Morgan fingerprint density at radius 3 is 2.33 bits per heavy atom. The van der Waals surface area contributed by atoms with Gasteiger partial charge in [0, 0.05) is 25.9 Å². The smallest absolute Gasteiger partial charge is 0.308 e. The van der Waals surface area contributed by atoms with Crippen LogP contribution in [0.5, 0.6) is 0 Å². The lowest BCUT2D eigenvalue weighted by Crippen LogP contribution is -2.35. The van der Waals surface area contributed by atoms with Crippen LogP contribution < -0.4 is 10.6 Å². The van der Waals surface area contributed by atoms with Crippen LogP contribution in [-0.4, -0.2) is 36.0 Å². The number of rotatable bonds is 10. The Labute approximate surface area is 159 Å². The Balaban J connectivity index is 1.91. The maximum Gasteiger partial charge on any atom is 0.308 e. The first-order valence-corrected chi connectivity index (χ1v) is 9.24. The number of hydrogen-bond donors (Lipinski definition) is 3. The van der Waals surface area contributed by atoms with Crippen LogP contribution in [0.1, 0.15) is 31.7 Å². The molecular formula is C21H26N2O4. The van der Waals surface area contributed by atoms with Crippen LogP contribution >= 0.6 is 0 Å². The molecule has 0 aliphatic rings. The van der Waals surface area contributed by atoms with Gasteiger partial charge in [0.25, 0.3) is 0 Å². The van der Waals surface area contributed by atoms with E-state index in [-0.39, 0.29) is 31.2 Å². The van der Waals surface area contributed by atoms with Crippen molar-refractivity contribution in [2.24, 2.45) is 5.92 Å². The second-order valence-electron chi connectivity index (χ2n) is 6.53. The zero-order chi connectivity index (χ0) is 19.6. The Morgan fingerprint density at radius 1 is 0.963 bits per heavy atom. The highest BCUT2D eigenvalue weighted by molar-refractivity contribution is 5.86. The lowest BCUT2D eigenvalue weighted by molar-refractivity contribution is -0.141. The fourth-order valence-corrected chi connectivity index (χ4v) is 2.89. The van der Waals surface area contributed by atoms with Gasteiger partial charge in [-0.2, -0.15) is 0 Å². The SMILES string of the molecule is CCCNC(=O)CCC(=O)NCC(Cc1cccc2ccccc12)C(=O)O. The van der Waals surface area contributed by atoms with E-state index in [0.717, 1.165) is 22.8 Å². The standard InChI is InChI=1S/C21H26N2O4/c1-2-12-22-19(24)10-11-20(25)23-14-17(21(26)27)13-16-8-5-7-15-6-3-4-9-18(15)16/h3-9,17H,2,10-14H2,1H3,(H,22,24)(H,23,25)(H,26,27). The molecule has 0 fully saturated rings. The number of nitrogens with one attached hydrogen (secondary N) is 2. The molecule has 0 spiro atoms. The number of hydrogen-bond acceptors (Lipinski definition) is 3. The third kappa shape index (κ3) is 6.40. The number of aliphatic carboxylic acids is 1. The minimum Gasteiger partial charge on any atom is -0.481 e. The van der Waals surface area contributed by atoms with Crippen molar-refractivity contribution in [3.63, 3.8) is 0 Å². The summed E-state index contributed by atoms with van der Waals surface area (Å²) in [7, 11) is 0. The van der Waals surface area contributed by atoms with Crippen molar-refractivity contribution in [2.75, 3.05) is 13.1 Å². The lowest BCUT2D eigenvalue weighted by atomic mass is 9.95. The number of carbonyl (C=O) groups excluding carboxylic acids is 2. The molecule has 0 radical (unpaired) electrons. The molecule has 2 amide bonds. The van der Waals surface area contributed by atoms with Crippen LogP contribution in [-0.2, 0) is 20.8 Å². The maximum absolute atomic E-state index is 11.9. The van der Waals surface area contributed by atoms with Crippen LogP contribution in [0.2, 0.25) is 0 Å². The zero-order valence-electron chi connectivity index (χ0n) is 15.5. The Hall–Kier alpha value is -2.89. The second-order valence-corrected chi connectivity index (χ2v) is 6.53. The molecule has 3 N–H and O–H groups in total. The zero-order valence-corrected chi connectivity index (χ0v) is 15.5. The molecule has 0 bridgehead atoms. The molecule has 0 saturated carbocycles. The van der Waals surface area contributed by atoms with Gasteiger partial charge >= 0.3 is 5.97 Å². The summed E-state index contributed by atoms with van der Waals surface area (Å²) in [6.07, 6.45) is 1.32. The van der Waals surface area contributed by atoms with Gasteiger partial charge in [-0.15, -0.1) is 0 Å². The highest BCUT2D eigenvalue weighted by atomic mass is 16.4. The van der Waals surface area contributed by atoms with Crippen molar-refractivity contribution in [1.29, 1.82) is 0 Å². The maximum atomic E-state index is 11.9. The van der Waals surface area contributed by atoms with E-state index >= 15 is 0 Å². The Kier molecular flexibility index (Phi) is 7.79. The van der Waals surface area contributed by atoms with Gasteiger partial charge in [-0.25, -0.2) is 0 Å². The molecule has 144 valence electrons. The van der Waals surface area contributed by atoms with E-state index in [0.29, 0.717) is 13.0 Å². The molecular weight excluding hydrogens is 344 g/mol. The van der Waals surface area contributed by atoms with Crippen LogP contribution in [0.15, 0.2) is 42.5 Å². The summed E-state index contributed by atoms with van der Waals surface area (Å²) in [4.78, 5) is 35.1. The third-order valence-corrected chi connectivity index (χ3v) is 4.39. The monoisotopic (exact) mass is 370 g/mol. The first kappa shape index (κ1) is 20.4. The number of fused-ring (bicyclic) bond motifs is 1. The molecule has 0 heterocycles. The number of carboxylic acid groups (broad SMARTS) is 1. The van der Waals surface area contributed by atoms with Crippen LogP contribution in [0.4, 0.5) is 0 Å². The summed E-state index contributed by atoms with van der Waals surface area (Å²) in [5.41, 5.74) is 0.939. The van der Waals surface area contributed by atoms with Gasteiger partial charge in [0.1, 0.15) is 0 Å².